The van der Waals surface area contributed by atoms with Crippen LogP contribution < -0.4 is 10.2 Å². The Labute approximate surface area is 116 Å². The Morgan fingerprint density at radius 1 is 1.26 bits per heavy atom. The highest BCUT2D eigenvalue weighted by molar-refractivity contribution is 7.15. The van der Waals surface area contributed by atoms with Gasteiger partial charge >= 0.3 is 0 Å². The number of hydrogen-bond donors (Lipinski definition) is 1. The molecule has 1 N–H and O–H groups in total. The number of piperidine rings is 2. The van der Waals surface area contributed by atoms with E-state index in [1.165, 1.54) is 4.88 Å². The predicted octanol–water partition coefficient (Wildman–Crippen LogP) is 2.85. The van der Waals surface area contributed by atoms with Crippen LogP contribution in [0, 0.1) is 0 Å². The van der Waals surface area contributed by atoms with Gasteiger partial charge in [-0.25, -0.2) is 13.8 Å². The lowest BCUT2D eigenvalue weighted by Gasteiger charge is -2.31. The van der Waals surface area contributed by atoms with E-state index in [-0.39, 0.29) is 12.8 Å². The van der Waals surface area contributed by atoms with Crippen molar-refractivity contribution >= 4 is 16.5 Å². The molecule has 0 aromatic carbocycles. The molecule has 0 spiro atoms. The Balaban J connectivity index is 1.64. The number of halogens is 2. The van der Waals surface area contributed by atoms with Crippen molar-refractivity contribution in [3.63, 3.8) is 0 Å². The molecule has 6 heteroatoms. The first-order chi connectivity index (χ1) is 9.14. The molecule has 0 unspecified atom stereocenters. The second kappa shape index (κ2) is 5.32. The van der Waals surface area contributed by atoms with E-state index in [2.05, 4.69) is 10.3 Å². The molecule has 3 rings (SSSR count). The number of nitrogens with zero attached hydrogens (tertiary/aromatic N) is 2. The number of thiazole rings is 1. The van der Waals surface area contributed by atoms with Gasteiger partial charge in [-0.3, -0.25) is 0 Å². The highest BCUT2D eigenvalue weighted by Gasteiger charge is 2.34. The predicted molar refractivity (Wildman–Crippen MR) is 73.4 cm³/mol. The van der Waals surface area contributed by atoms with Gasteiger partial charge in [-0.05, 0) is 31.8 Å². The van der Waals surface area contributed by atoms with E-state index in [4.69, 9.17) is 0 Å². The fourth-order valence-electron chi connectivity index (χ4n) is 2.74. The fraction of sp³-hybridized carbons (Fsp3) is 0.769. The molecule has 0 aliphatic carbocycles. The molecular formula is C13H19F2N3S. The summed E-state index contributed by atoms with van der Waals surface area (Å²) in [7, 11) is 0. The average Bonchev–Trinajstić information content (AvgIpc) is 2.89. The van der Waals surface area contributed by atoms with Gasteiger partial charge in [0.15, 0.2) is 5.13 Å². The van der Waals surface area contributed by atoms with Crippen LogP contribution in [0.4, 0.5) is 13.9 Å². The van der Waals surface area contributed by atoms with Gasteiger partial charge < -0.3 is 10.2 Å². The summed E-state index contributed by atoms with van der Waals surface area (Å²) in [4.78, 5) is 7.76. The van der Waals surface area contributed by atoms with Gasteiger partial charge in [0.25, 0.3) is 5.92 Å². The lowest BCUT2D eigenvalue weighted by molar-refractivity contribution is -0.0220. The molecule has 106 valence electrons. The van der Waals surface area contributed by atoms with E-state index in [1.807, 2.05) is 11.1 Å². The maximum absolute atomic E-state index is 13.1. The number of hydrogen-bond acceptors (Lipinski definition) is 4. The summed E-state index contributed by atoms with van der Waals surface area (Å²) in [6.07, 6.45) is 4.16. The Kier molecular flexibility index (Phi) is 3.71. The molecule has 2 aliphatic heterocycles. The van der Waals surface area contributed by atoms with E-state index < -0.39 is 5.92 Å². The van der Waals surface area contributed by atoms with Crippen molar-refractivity contribution in [2.24, 2.45) is 0 Å². The van der Waals surface area contributed by atoms with Gasteiger partial charge in [0.1, 0.15) is 0 Å². The maximum Gasteiger partial charge on any atom is 0.251 e. The number of anilines is 1. The van der Waals surface area contributed by atoms with Crippen molar-refractivity contribution in [2.75, 3.05) is 31.1 Å². The topological polar surface area (TPSA) is 28.2 Å². The van der Waals surface area contributed by atoms with Crippen molar-refractivity contribution in [1.29, 1.82) is 0 Å². The normalized spacial score (nSPS) is 24.6. The third kappa shape index (κ3) is 3.05. The minimum absolute atomic E-state index is 0.0464. The lowest BCUT2D eigenvalue weighted by Crippen LogP contribution is -2.39. The zero-order chi connectivity index (χ0) is 13.3. The first-order valence-corrected chi connectivity index (χ1v) is 7.75. The molecule has 2 saturated heterocycles. The Hall–Kier alpha value is -0.750. The van der Waals surface area contributed by atoms with Crippen LogP contribution in [-0.4, -0.2) is 37.1 Å². The summed E-state index contributed by atoms with van der Waals surface area (Å²) < 4.78 is 26.3. The zero-order valence-electron chi connectivity index (χ0n) is 10.9. The lowest BCUT2D eigenvalue weighted by atomic mass is 9.97. The van der Waals surface area contributed by atoms with Crippen LogP contribution in [0.2, 0.25) is 0 Å². The van der Waals surface area contributed by atoms with E-state index in [1.54, 1.807) is 11.3 Å². The molecule has 0 bridgehead atoms. The molecule has 3 heterocycles. The summed E-state index contributed by atoms with van der Waals surface area (Å²) >= 11 is 1.69. The smallest absolute Gasteiger partial charge is 0.251 e. The summed E-state index contributed by atoms with van der Waals surface area (Å²) in [6.45, 7) is 2.97. The molecule has 0 atom stereocenters. The average molecular weight is 287 g/mol. The SMILES string of the molecule is FC1(F)CCN(c2ncc(C3CCNCC3)s2)CC1. The molecular weight excluding hydrogens is 268 g/mol. The summed E-state index contributed by atoms with van der Waals surface area (Å²) in [5.41, 5.74) is 0. The quantitative estimate of drug-likeness (QED) is 0.906. The summed E-state index contributed by atoms with van der Waals surface area (Å²) in [5, 5.41) is 4.27. The van der Waals surface area contributed by atoms with Crippen molar-refractivity contribution < 1.29 is 8.78 Å². The molecule has 1 aromatic rings. The largest absolute Gasteiger partial charge is 0.348 e. The van der Waals surface area contributed by atoms with Crippen LogP contribution in [0.3, 0.4) is 0 Å². The Bertz CT molecular complexity index is 419. The minimum atomic E-state index is -2.48. The maximum atomic E-state index is 13.1. The van der Waals surface area contributed by atoms with Crippen LogP contribution >= 0.6 is 11.3 Å². The monoisotopic (exact) mass is 287 g/mol. The number of aromatic nitrogens is 1. The van der Waals surface area contributed by atoms with Gasteiger partial charge in [0, 0.05) is 37.0 Å². The summed E-state index contributed by atoms with van der Waals surface area (Å²) in [5.74, 6) is -1.88. The van der Waals surface area contributed by atoms with Crippen molar-refractivity contribution in [3.8, 4) is 0 Å². The first-order valence-electron chi connectivity index (χ1n) is 6.93. The Morgan fingerprint density at radius 2 is 1.95 bits per heavy atom. The highest BCUT2D eigenvalue weighted by atomic mass is 32.1. The van der Waals surface area contributed by atoms with Gasteiger partial charge in [-0.15, -0.1) is 11.3 Å². The molecule has 0 radical (unpaired) electrons. The van der Waals surface area contributed by atoms with E-state index in [0.717, 1.165) is 31.1 Å². The molecule has 2 fully saturated rings. The van der Waals surface area contributed by atoms with E-state index in [0.29, 0.717) is 19.0 Å². The zero-order valence-corrected chi connectivity index (χ0v) is 11.7. The molecule has 1 aromatic heterocycles. The minimum Gasteiger partial charge on any atom is -0.348 e. The first kappa shape index (κ1) is 13.2. The van der Waals surface area contributed by atoms with E-state index in [9.17, 15) is 8.78 Å². The molecule has 19 heavy (non-hydrogen) atoms. The van der Waals surface area contributed by atoms with Crippen molar-refractivity contribution in [2.45, 2.75) is 37.5 Å². The molecule has 2 aliphatic rings. The second-order valence-electron chi connectivity index (χ2n) is 5.41. The van der Waals surface area contributed by atoms with Gasteiger partial charge in [-0.2, -0.15) is 0 Å². The fourth-order valence-corrected chi connectivity index (χ4v) is 3.88. The van der Waals surface area contributed by atoms with Crippen LogP contribution in [-0.2, 0) is 0 Å². The van der Waals surface area contributed by atoms with Crippen LogP contribution in [0.5, 0.6) is 0 Å². The van der Waals surface area contributed by atoms with Crippen molar-refractivity contribution in [3.05, 3.63) is 11.1 Å². The number of alkyl halides is 2. The standard InChI is InChI=1S/C13H19F2N3S/c14-13(15)3-7-18(8-4-13)12-17-9-11(19-12)10-1-5-16-6-2-10/h9-10,16H,1-8H2. The van der Waals surface area contributed by atoms with E-state index >= 15 is 0 Å². The van der Waals surface area contributed by atoms with Gasteiger partial charge in [0.2, 0.25) is 0 Å². The highest BCUT2D eigenvalue weighted by Crippen LogP contribution is 2.36. The number of nitrogens with one attached hydrogen (secondary N) is 1. The van der Waals surface area contributed by atoms with Crippen LogP contribution in [0.1, 0.15) is 36.5 Å². The second-order valence-corrected chi connectivity index (χ2v) is 6.45. The number of rotatable bonds is 2. The summed E-state index contributed by atoms with van der Waals surface area (Å²) in [6, 6.07) is 0. The van der Waals surface area contributed by atoms with Gasteiger partial charge in [-0.1, -0.05) is 0 Å². The third-order valence-corrected chi connectivity index (χ3v) is 5.24. The molecule has 0 saturated carbocycles. The van der Waals surface area contributed by atoms with Crippen LogP contribution in [0.25, 0.3) is 0 Å². The molecule has 3 nitrogen and oxygen atoms in total. The third-order valence-electron chi connectivity index (χ3n) is 4.02. The van der Waals surface area contributed by atoms with Crippen molar-refractivity contribution in [1.82, 2.24) is 10.3 Å². The van der Waals surface area contributed by atoms with Crippen LogP contribution in [0.15, 0.2) is 6.20 Å². The van der Waals surface area contributed by atoms with Gasteiger partial charge in [0.05, 0.1) is 0 Å². The molecule has 0 amide bonds. The Morgan fingerprint density at radius 3 is 2.63 bits per heavy atom.